The van der Waals surface area contributed by atoms with E-state index in [-0.39, 0.29) is 18.3 Å². The molecular formula is C13H22N4O2. The number of aliphatic hydroxyl groups is 1. The number of nitrogen functional groups attached to an aromatic ring is 1. The lowest BCUT2D eigenvalue weighted by Gasteiger charge is -2.42. The number of aromatic nitrogens is 1. The van der Waals surface area contributed by atoms with Crippen molar-refractivity contribution in [2.75, 3.05) is 25.1 Å². The summed E-state index contributed by atoms with van der Waals surface area (Å²) in [5.74, 6) is 5.39. The Kier molecular flexibility index (Phi) is 4.36. The van der Waals surface area contributed by atoms with Gasteiger partial charge < -0.3 is 15.3 Å². The number of pyridine rings is 1. The van der Waals surface area contributed by atoms with Crippen molar-refractivity contribution < 1.29 is 9.84 Å². The minimum Gasteiger partial charge on any atom is -0.394 e. The molecule has 19 heavy (non-hydrogen) atoms. The van der Waals surface area contributed by atoms with Crippen LogP contribution in [-0.2, 0) is 11.3 Å². The monoisotopic (exact) mass is 266 g/mol. The van der Waals surface area contributed by atoms with Crippen LogP contribution in [0.4, 0.5) is 5.69 Å². The summed E-state index contributed by atoms with van der Waals surface area (Å²) in [6.45, 7) is 6.35. The fourth-order valence-corrected chi connectivity index (χ4v) is 2.52. The van der Waals surface area contributed by atoms with Crippen LogP contribution < -0.4 is 11.3 Å². The number of nitrogens with one attached hydrogen (secondary N) is 1. The molecule has 1 aromatic heterocycles. The molecule has 6 nitrogen and oxygen atoms in total. The molecule has 0 spiro atoms. The molecule has 2 rings (SSSR count). The van der Waals surface area contributed by atoms with E-state index >= 15 is 0 Å². The average molecular weight is 266 g/mol. The first-order valence-corrected chi connectivity index (χ1v) is 6.45. The summed E-state index contributed by atoms with van der Waals surface area (Å²) >= 11 is 0. The molecule has 1 fully saturated rings. The lowest BCUT2D eigenvalue weighted by Crippen LogP contribution is -2.53. The summed E-state index contributed by atoms with van der Waals surface area (Å²) in [6, 6.07) is 3.75. The van der Waals surface area contributed by atoms with E-state index in [4.69, 9.17) is 10.6 Å². The van der Waals surface area contributed by atoms with Crippen LogP contribution in [0.2, 0.25) is 0 Å². The zero-order valence-electron chi connectivity index (χ0n) is 11.5. The van der Waals surface area contributed by atoms with Crippen LogP contribution in [0.3, 0.4) is 0 Å². The summed E-state index contributed by atoms with van der Waals surface area (Å²) in [4.78, 5) is 6.58. The summed E-state index contributed by atoms with van der Waals surface area (Å²) in [7, 11) is 0. The van der Waals surface area contributed by atoms with Gasteiger partial charge in [-0.1, -0.05) is 0 Å². The highest BCUT2D eigenvalue weighted by Crippen LogP contribution is 2.22. The summed E-state index contributed by atoms with van der Waals surface area (Å²) in [6.07, 6.45) is 1.60. The van der Waals surface area contributed by atoms with Crippen LogP contribution in [0, 0.1) is 0 Å². The molecule has 1 aromatic rings. The number of hydrogen-bond donors (Lipinski definition) is 3. The Morgan fingerprint density at radius 3 is 3.11 bits per heavy atom. The normalized spacial score (nSPS) is 23.3. The zero-order chi connectivity index (χ0) is 13.9. The number of hydrazine groups is 1. The predicted molar refractivity (Wildman–Crippen MR) is 73.4 cm³/mol. The number of rotatable bonds is 4. The second-order valence-electron chi connectivity index (χ2n) is 5.53. The van der Waals surface area contributed by atoms with E-state index in [1.165, 1.54) is 0 Å². The molecule has 0 aromatic carbocycles. The highest BCUT2D eigenvalue weighted by Gasteiger charge is 2.33. The topological polar surface area (TPSA) is 83.6 Å². The van der Waals surface area contributed by atoms with E-state index in [0.717, 1.165) is 24.5 Å². The molecule has 1 unspecified atom stereocenters. The van der Waals surface area contributed by atoms with Gasteiger partial charge in [0.25, 0.3) is 0 Å². The van der Waals surface area contributed by atoms with Gasteiger partial charge in [-0.15, -0.1) is 0 Å². The van der Waals surface area contributed by atoms with Crippen molar-refractivity contribution in [3.05, 3.63) is 24.0 Å². The predicted octanol–water partition coefficient (Wildman–Crippen LogP) is 0.339. The van der Waals surface area contributed by atoms with Crippen molar-refractivity contribution in [3.8, 4) is 0 Å². The second kappa shape index (κ2) is 5.83. The molecule has 1 aliphatic rings. The van der Waals surface area contributed by atoms with Gasteiger partial charge in [0, 0.05) is 25.8 Å². The molecule has 0 radical (unpaired) electrons. The van der Waals surface area contributed by atoms with Crippen molar-refractivity contribution in [2.45, 2.75) is 32.1 Å². The van der Waals surface area contributed by atoms with Crippen LogP contribution in [0.15, 0.2) is 18.3 Å². The Morgan fingerprint density at radius 1 is 1.63 bits per heavy atom. The molecule has 1 atom stereocenters. The summed E-state index contributed by atoms with van der Waals surface area (Å²) < 4.78 is 5.79. The zero-order valence-corrected chi connectivity index (χ0v) is 11.5. The third kappa shape index (κ3) is 3.87. The third-order valence-corrected chi connectivity index (χ3v) is 3.12. The number of hydrogen-bond acceptors (Lipinski definition) is 6. The minimum atomic E-state index is -0.255. The molecule has 0 aliphatic carbocycles. The lowest BCUT2D eigenvalue weighted by molar-refractivity contribution is -0.150. The van der Waals surface area contributed by atoms with E-state index in [1.54, 1.807) is 6.20 Å². The highest BCUT2D eigenvalue weighted by molar-refractivity contribution is 5.41. The van der Waals surface area contributed by atoms with Crippen molar-refractivity contribution in [2.24, 2.45) is 5.84 Å². The fraction of sp³-hybridized carbons (Fsp3) is 0.615. The first-order chi connectivity index (χ1) is 9.02. The minimum absolute atomic E-state index is 0.0394. The largest absolute Gasteiger partial charge is 0.394 e. The number of nitrogens with zero attached hydrogens (tertiary/aromatic N) is 2. The number of nitrogens with two attached hydrogens (primary N) is 1. The van der Waals surface area contributed by atoms with Crippen molar-refractivity contribution in [1.82, 2.24) is 9.88 Å². The van der Waals surface area contributed by atoms with E-state index in [0.29, 0.717) is 6.54 Å². The molecule has 1 aliphatic heterocycles. The molecule has 0 amide bonds. The van der Waals surface area contributed by atoms with Crippen molar-refractivity contribution in [3.63, 3.8) is 0 Å². The van der Waals surface area contributed by atoms with Crippen molar-refractivity contribution >= 4 is 5.69 Å². The van der Waals surface area contributed by atoms with Crippen LogP contribution >= 0.6 is 0 Å². The Hall–Kier alpha value is -1.21. The lowest BCUT2D eigenvalue weighted by atomic mass is 10.1. The van der Waals surface area contributed by atoms with E-state index in [2.05, 4.69) is 15.3 Å². The highest BCUT2D eigenvalue weighted by atomic mass is 16.5. The first-order valence-electron chi connectivity index (χ1n) is 6.45. The fourth-order valence-electron chi connectivity index (χ4n) is 2.52. The summed E-state index contributed by atoms with van der Waals surface area (Å²) in [5, 5.41) is 9.30. The van der Waals surface area contributed by atoms with Crippen molar-refractivity contribution in [1.29, 1.82) is 0 Å². The van der Waals surface area contributed by atoms with E-state index in [9.17, 15) is 5.11 Å². The maximum absolute atomic E-state index is 9.30. The van der Waals surface area contributed by atoms with Gasteiger partial charge in [-0.25, -0.2) is 0 Å². The number of ether oxygens (including phenoxy) is 1. The SMILES string of the molecule is CC1(C)CN(Cc2cc(NN)ccn2)CC(CO)O1. The molecule has 106 valence electrons. The average Bonchev–Trinajstić information content (AvgIpc) is 2.37. The van der Waals surface area contributed by atoms with Crippen LogP contribution in [-0.4, -0.2) is 46.4 Å². The Balaban J connectivity index is 2.04. The molecule has 0 saturated carbocycles. The molecule has 4 N–H and O–H groups in total. The molecule has 1 saturated heterocycles. The van der Waals surface area contributed by atoms with Crippen LogP contribution in [0.25, 0.3) is 0 Å². The molecular weight excluding hydrogens is 244 g/mol. The van der Waals surface area contributed by atoms with Gasteiger partial charge in [-0.3, -0.25) is 15.7 Å². The van der Waals surface area contributed by atoms with Gasteiger partial charge in [0.05, 0.1) is 29.7 Å². The number of anilines is 1. The van der Waals surface area contributed by atoms with Gasteiger partial charge in [0.15, 0.2) is 0 Å². The number of aliphatic hydroxyl groups excluding tert-OH is 1. The number of morpholine rings is 1. The first kappa shape index (κ1) is 14.2. The maximum atomic E-state index is 9.30. The van der Waals surface area contributed by atoms with E-state index in [1.807, 2.05) is 26.0 Å². The van der Waals surface area contributed by atoms with Crippen LogP contribution in [0.1, 0.15) is 19.5 Å². The summed E-state index contributed by atoms with van der Waals surface area (Å²) in [5.41, 5.74) is 4.16. The Labute approximate surface area is 113 Å². The van der Waals surface area contributed by atoms with Gasteiger partial charge in [-0.2, -0.15) is 0 Å². The van der Waals surface area contributed by atoms with Gasteiger partial charge in [-0.05, 0) is 26.0 Å². The van der Waals surface area contributed by atoms with Gasteiger partial charge >= 0.3 is 0 Å². The van der Waals surface area contributed by atoms with Gasteiger partial charge in [0.1, 0.15) is 0 Å². The molecule has 6 heteroatoms. The van der Waals surface area contributed by atoms with E-state index < -0.39 is 0 Å². The third-order valence-electron chi connectivity index (χ3n) is 3.12. The van der Waals surface area contributed by atoms with Gasteiger partial charge in [0.2, 0.25) is 0 Å². The maximum Gasteiger partial charge on any atom is 0.0940 e. The molecule has 0 bridgehead atoms. The smallest absolute Gasteiger partial charge is 0.0940 e. The Morgan fingerprint density at radius 2 is 2.42 bits per heavy atom. The van der Waals surface area contributed by atoms with Crippen LogP contribution in [0.5, 0.6) is 0 Å². The second-order valence-corrected chi connectivity index (χ2v) is 5.53. The Bertz CT molecular complexity index is 425. The standard InChI is InChI=1S/C13H22N4O2/c1-13(2)9-17(7-12(8-18)19-13)6-11-5-10(16-14)3-4-15-11/h3-5,12,18H,6-9,14H2,1-2H3,(H,15,16). The quantitative estimate of drug-likeness (QED) is 0.538. The molecule has 2 heterocycles.